The molecular formula is C28H29N3O6S. The SMILES string of the molecule is COc1cc([C@H]2CC(=O)N(CC(=O)Nc3ccc(NC(C)=O)cc3)c3ccccc3S2)cc(OC)c1OC. The summed E-state index contributed by atoms with van der Waals surface area (Å²) in [4.78, 5) is 40.1. The lowest BCUT2D eigenvalue weighted by Crippen LogP contribution is -2.38. The van der Waals surface area contributed by atoms with Crippen molar-refractivity contribution in [3.8, 4) is 17.2 Å². The van der Waals surface area contributed by atoms with E-state index in [-0.39, 0.29) is 35.9 Å². The van der Waals surface area contributed by atoms with Crippen molar-refractivity contribution in [1.29, 1.82) is 0 Å². The Bertz CT molecular complexity index is 1320. The number of thioether (sulfide) groups is 1. The van der Waals surface area contributed by atoms with Gasteiger partial charge in [-0.3, -0.25) is 14.4 Å². The average Bonchev–Trinajstić information content (AvgIpc) is 3.04. The lowest BCUT2D eigenvalue weighted by atomic mass is 10.1. The monoisotopic (exact) mass is 535 g/mol. The van der Waals surface area contributed by atoms with Crippen LogP contribution in [0.1, 0.15) is 24.2 Å². The number of carbonyl (C=O) groups excluding carboxylic acids is 3. The molecule has 0 bridgehead atoms. The van der Waals surface area contributed by atoms with Crippen LogP contribution in [-0.4, -0.2) is 45.6 Å². The number of para-hydroxylation sites is 1. The second kappa shape index (κ2) is 11.9. The summed E-state index contributed by atoms with van der Waals surface area (Å²) in [5.41, 5.74) is 2.71. The maximum Gasteiger partial charge on any atom is 0.244 e. The Hall–Kier alpha value is -4.18. The molecule has 198 valence electrons. The van der Waals surface area contributed by atoms with Crippen LogP contribution in [0.15, 0.2) is 65.6 Å². The molecule has 0 fully saturated rings. The van der Waals surface area contributed by atoms with Gasteiger partial charge in [0.1, 0.15) is 6.54 Å². The van der Waals surface area contributed by atoms with Crippen molar-refractivity contribution in [2.75, 3.05) is 43.4 Å². The Balaban J connectivity index is 1.57. The van der Waals surface area contributed by atoms with E-state index in [1.54, 1.807) is 57.4 Å². The van der Waals surface area contributed by atoms with Crippen LogP contribution in [0, 0.1) is 0 Å². The van der Waals surface area contributed by atoms with Crippen LogP contribution in [0.5, 0.6) is 17.2 Å². The third kappa shape index (κ3) is 6.03. The van der Waals surface area contributed by atoms with E-state index < -0.39 is 0 Å². The van der Waals surface area contributed by atoms with Gasteiger partial charge in [-0.15, -0.1) is 11.8 Å². The number of hydrogen-bond acceptors (Lipinski definition) is 7. The van der Waals surface area contributed by atoms with Gasteiger partial charge in [-0.05, 0) is 54.1 Å². The van der Waals surface area contributed by atoms with Crippen LogP contribution in [0.2, 0.25) is 0 Å². The Morgan fingerprint density at radius 1 is 0.921 bits per heavy atom. The van der Waals surface area contributed by atoms with E-state index in [0.29, 0.717) is 34.3 Å². The van der Waals surface area contributed by atoms with Gasteiger partial charge in [0.15, 0.2) is 11.5 Å². The number of amides is 3. The van der Waals surface area contributed by atoms with E-state index in [1.165, 1.54) is 11.8 Å². The molecule has 9 nitrogen and oxygen atoms in total. The molecule has 1 aliphatic heterocycles. The van der Waals surface area contributed by atoms with Gasteiger partial charge in [-0.25, -0.2) is 0 Å². The highest BCUT2D eigenvalue weighted by Crippen LogP contribution is 2.49. The quantitative estimate of drug-likeness (QED) is 0.424. The van der Waals surface area contributed by atoms with Crippen molar-refractivity contribution in [1.82, 2.24) is 0 Å². The fourth-order valence-corrected chi connectivity index (χ4v) is 5.47. The normalized spacial score (nSPS) is 14.7. The molecule has 1 atom stereocenters. The molecule has 0 aromatic heterocycles. The highest BCUT2D eigenvalue weighted by atomic mass is 32.2. The third-order valence-electron chi connectivity index (χ3n) is 5.94. The summed E-state index contributed by atoms with van der Waals surface area (Å²) < 4.78 is 16.5. The topological polar surface area (TPSA) is 106 Å². The molecule has 2 N–H and O–H groups in total. The minimum atomic E-state index is -0.336. The molecule has 38 heavy (non-hydrogen) atoms. The van der Waals surface area contributed by atoms with Crippen molar-refractivity contribution < 1.29 is 28.6 Å². The summed E-state index contributed by atoms with van der Waals surface area (Å²) >= 11 is 1.55. The highest BCUT2D eigenvalue weighted by molar-refractivity contribution is 7.99. The Morgan fingerprint density at radius 2 is 1.53 bits per heavy atom. The van der Waals surface area contributed by atoms with E-state index in [4.69, 9.17) is 14.2 Å². The number of ether oxygens (including phenoxy) is 3. The van der Waals surface area contributed by atoms with Crippen LogP contribution < -0.4 is 29.7 Å². The first kappa shape index (κ1) is 26.9. The van der Waals surface area contributed by atoms with Gasteiger partial charge >= 0.3 is 0 Å². The number of nitrogens with zero attached hydrogens (tertiary/aromatic N) is 1. The molecular weight excluding hydrogens is 506 g/mol. The smallest absolute Gasteiger partial charge is 0.244 e. The lowest BCUT2D eigenvalue weighted by molar-refractivity contribution is -0.121. The molecule has 10 heteroatoms. The first-order valence-corrected chi connectivity index (χ1v) is 12.7. The number of hydrogen-bond donors (Lipinski definition) is 2. The Kier molecular flexibility index (Phi) is 8.42. The first-order valence-electron chi connectivity index (χ1n) is 11.9. The molecule has 3 amide bonds. The average molecular weight is 536 g/mol. The molecule has 0 unspecified atom stereocenters. The number of fused-ring (bicyclic) bond motifs is 1. The van der Waals surface area contributed by atoms with Crippen molar-refractivity contribution in [3.63, 3.8) is 0 Å². The second-order valence-corrected chi connectivity index (χ2v) is 9.77. The number of nitrogens with one attached hydrogen (secondary N) is 2. The van der Waals surface area contributed by atoms with Crippen LogP contribution in [0.25, 0.3) is 0 Å². The molecule has 0 spiro atoms. The third-order valence-corrected chi connectivity index (χ3v) is 7.26. The molecule has 0 saturated carbocycles. The number of anilines is 3. The zero-order valence-electron chi connectivity index (χ0n) is 21.6. The van der Waals surface area contributed by atoms with Gasteiger partial charge in [0.25, 0.3) is 0 Å². The fraction of sp³-hybridized carbons (Fsp3) is 0.250. The predicted octanol–water partition coefficient (Wildman–Crippen LogP) is 4.88. The summed E-state index contributed by atoms with van der Waals surface area (Å²) in [6.07, 6.45) is 0.163. The van der Waals surface area contributed by atoms with E-state index in [9.17, 15) is 14.4 Å². The largest absolute Gasteiger partial charge is 0.493 e. The van der Waals surface area contributed by atoms with Crippen molar-refractivity contribution in [3.05, 3.63) is 66.2 Å². The predicted molar refractivity (Wildman–Crippen MR) is 147 cm³/mol. The molecule has 1 heterocycles. The van der Waals surface area contributed by atoms with Gasteiger partial charge in [0.05, 0.1) is 27.0 Å². The molecule has 3 aromatic carbocycles. The molecule has 4 rings (SSSR count). The van der Waals surface area contributed by atoms with Crippen molar-refractivity contribution in [2.24, 2.45) is 0 Å². The van der Waals surface area contributed by atoms with E-state index in [2.05, 4.69) is 10.6 Å². The fourth-order valence-electron chi connectivity index (χ4n) is 4.21. The van der Waals surface area contributed by atoms with Crippen molar-refractivity contribution in [2.45, 2.75) is 23.5 Å². The van der Waals surface area contributed by atoms with Crippen LogP contribution in [0.3, 0.4) is 0 Å². The molecule has 0 radical (unpaired) electrons. The minimum Gasteiger partial charge on any atom is -0.493 e. The molecule has 0 saturated heterocycles. The summed E-state index contributed by atoms with van der Waals surface area (Å²) in [5.74, 6) is 0.797. The van der Waals surface area contributed by atoms with E-state index >= 15 is 0 Å². The van der Waals surface area contributed by atoms with Gasteiger partial charge < -0.3 is 29.7 Å². The number of rotatable bonds is 8. The van der Waals surface area contributed by atoms with Gasteiger partial charge in [-0.1, -0.05) is 12.1 Å². The maximum atomic E-state index is 13.5. The number of benzene rings is 3. The summed E-state index contributed by atoms with van der Waals surface area (Å²) in [6, 6.07) is 18.0. The lowest BCUT2D eigenvalue weighted by Gasteiger charge is -2.22. The zero-order chi connectivity index (χ0) is 27.2. The molecule has 3 aromatic rings. The first-order chi connectivity index (χ1) is 18.3. The Labute approximate surface area is 225 Å². The molecule has 1 aliphatic rings. The standard InChI is InChI=1S/C28H29N3O6S/c1-17(32)29-19-9-11-20(12-10-19)30-26(33)16-31-21-7-5-6-8-24(21)38-25(15-27(31)34)18-13-22(35-2)28(37-4)23(14-18)36-3/h5-14,25H,15-16H2,1-4H3,(H,29,32)(H,30,33)/t25-/m1/s1. The minimum absolute atomic E-state index is 0.147. The van der Waals surface area contributed by atoms with Gasteiger partial charge in [-0.2, -0.15) is 0 Å². The summed E-state index contributed by atoms with van der Waals surface area (Å²) in [6.45, 7) is 1.28. The van der Waals surface area contributed by atoms with E-state index in [1.807, 2.05) is 36.4 Å². The van der Waals surface area contributed by atoms with Crippen LogP contribution in [-0.2, 0) is 14.4 Å². The summed E-state index contributed by atoms with van der Waals surface area (Å²) in [7, 11) is 4.64. The van der Waals surface area contributed by atoms with Gasteiger partial charge in [0.2, 0.25) is 23.5 Å². The maximum absolute atomic E-state index is 13.5. The number of methoxy groups -OCH3 is 3. The number of carbonyl (C=O) groups is 3. The second-order valence-electron chi connectivity index (χ2n) is 8.52. The highest BCUT2D eigenvalue weighted by Gasteiger charge is 2.31. The van der Waals surface area contributed by atoms with Crippen LogP contribution >= 0.6 is 11.8 Å². The van der Waals surface area contributed by atoms with Gasteiger partial charge in [0, 0.05) is 34.9 Å². The van der Waals surface area contributed by atoms with E-state index in [0.717, 1.165) is 10.5 Å². The molecule has 0 aliphatic carbocycles. The van der Waals surface area contributed by atoms with Crippen LogP contribution in [0.4, 0.5) is 17.1 Å². The Morgan fingerprint density at radius 3 is 2.11 bits per heavy atom. The van der Waals surface area contributed by atoms with Crippen molar-refractivity contribution >= 4 is 46.5 Å². The zero-order valence-corrected chi connectivity index (χ0v) is 22.4. The summed E-state index contributed by atoms with van der Waals surface area (Å²) in [5, 5.41) is 5.27.